The second-order valence-electron chi connectivity index (χ2n) is 5.55. The highest BCUT2D eigenvalue weighted by Crippen LogP contribution is 2.56. The summed E-state index contributed by atoms with van der Waals surface area (Å²) in [4.78, 5) is 14.3. The monoisotopic (exact) mass is 224 g/mol. The highest BCUT2D eigenvalue weighted by atomic mass is 16.2. The molecule has 3 heteroatoms. The highest BCUT2D eigenvalue weighted by molar-refractivity contribution is 5.82. The van der Waals surface area contributed by atoms with Gasteiger partial charge in [-0.1, -0.05) is 12.8 Å². The molecule has 1 amide bonds. The first-order valence-corrected chi connectivity index (χ1v) is 6.67. The second-order valence-corrected chi connectivity index (χ2v) is 5.55. The summed E-state index contributed by atoms with van der Waals surface area (Å²) in [7, 11) is 0. The van der Waals surface area contributed by atoms with Crippen molar-refractivity contribution in [3.63, 3.8) is 0 Å². The zero-order valence-electron chi connectivity index (χ0n) is 10.5. The summed E-state index contributed by atoms with van der Waals surface area (Å²) in [5.74, 6) is 2.13. The Kier molecular flexibility index (Phi) is 3.53. The van der Waals surface area contributed by atoms with E-state index in [1.165, 1.54) is 25.7 Å². The van der Waals surface area contributed by atoms with E-state index in [0.29, 0.717) is 42.8 Å². The van der Waals surface area contributed by atoms with Gasteiger partial charge in [-0.25, -0.2) is 0 Å². The molecule has 0 aromatic rings. The number of hydrogen-bond donors (Lipinski definition) is 1. The zero-order valence-corrected chi connectivity index (χ0v) is 10.5. The van der Waals surface area contributed by atoms with E-state index < -0.39 is 0 Å². The number of fused-ring (bicyclic) bond motifs is 1. The molecule has 2 unspecified atom stereocenters. The molecular formula is C13H24N2O. The lowest BCUT2D eigenvalue weighted by molar-refractivity contribution is -0.134. The maximum Gasteiger partial charge on any atom is 0.226 e. The molecule has 0 aromatic carbocycles. The van der Waals surface area contributed by atoms with Gasteiger partial charge in [-0.2, -0.15) is 0 Å². The van der Waals surface area contributed by atoms with Gasteiger partial charge in [0.25, 0.3) is 0 Å². The molecule has 0 bridgehead atoms. The molecule has 2 rings (SSSR count). The van der Waals surface area contributed by atoms with Crippen LogP contribution in [0.1, 0.15) is 39.5 Å². The van der Waals surface area contributed by atoms with Gasteiger partial charge in [0.05, 0.1) is 0 Å². The topological polar surface area (TPSA) is 46.3 Å². The number of carbonyl (C=O) groups excluding carboxylic acids is 1. The number of carbonyl (C=O) groups is 1. The largest absolute Gasteiger partial charge is 0.339 e. The van der Waals surface area contributed by atoms with Crippen LogP contribution in [0.3, 0.4) is 0 Å². The van der Waals surface area contributed by atoms with Crippen molar-refractivity contribution in [2.24, 2.45) is 23.5 Å². The molecule has 2 fully saturated rings. The summed E-state index contributed by atoms with van der Waals surface area (Å²) < 4.78 is 0. The van der Waals surface area contributed by atoms with Crippen LogP contribution in [0.5, 0.6) is 0 Å². The van der Waals surface area contributed by atoms with Crippen molar-refractivity contribution in [2.45, 2.75) is 45.6 Å². The van der Waals surface area contributed by atoms with Gasteiger partial charge in [0.15, 0.2) is 0 Å². The minimum atomic E-state index is 0.290. The molecule has 0 radical (unpaired) electrons. The Labute approximate surface area is 98.4 Å². The maximum absolute atomic E-state index is 12.4. The van der Waals surface area contributed by atoms with Crippen LogP contribution in [0.25, 0.3) is 0 Å². The molecule has 0 aliphatic heterocycles. The Balaban J connectivity index is 1.96. The first kappa shape index (κ1) is 11.9. The molecule has 16 heavy (non-hydrogen) atoms. The normalized spacial score (nSPS) is 32.4. The zero-order chi connectivity index (χ0) is 11.7. The van der Waals surface area contributed by atoms with E-state index in [1.54, 1.807) is 0 Å². The van der Waals surface area contributed by atoms with Gasteiger partial charge in [0.1, 0.15) is 0 Å². The summed E-state index contributed by atoms with van der Waals surface area (Å²) in [6, 6.07) is 0.290. The van der Waals surface area contributed by atoms with Gasteiger partial charge in [-0.3, -0.25) is 4.79 Å². The standard InChI is InChI=1S/C13H24N2O/c1-9(2)15(8-7-14)13(16)12-10-5-3-4-6-11(10)12/h9-12H,3-8,14H2,1-2H3. The molecule has 0 heterocycles. The van der Waals surface area contributed by atoms with Gasteiger partial charge in [-0.15, -0.1) is 0 Å². The first-order chi connectivity index (χ1) is 7.66. The van der Waals surface area contributed by atoms with E-state index >= 15 is 0 Å². The third-order valence-corrected chi connectivity index (χ3v) is 4.22. The van der Waals surface area contributed by atoms with E-state index in [4.69, 9.17) is 5.73 Å². The van der Waals surface area contributed by atoms with E-state index in [9.17, 15) is 4.79 Å². The second kappa shape index (κ2) is 4.74. The van der Waals surface area contributed by atoms with Crippen LogP contribution in [0, 0.1) is 17.8 Å². The van der Waals surface area contributed by atoms with Crippen molar-refractivity contribution in [3.8, 4) is 0 Å². The van der Waals surface area contributed by atoms with Crippen LogP contribution in [0.4, 0.5) is 0 Å². The van der Waals surface area contributed by atoms with Crippen LogP contribution in [-0.2, 0) is 4.79 Å². The Morgan fingerprint density at radius 2 is 1.88 bits per heavy atom. The van der Waals surface area contributed by atoms with Crippen LogP contribution in [-0.4, -0.2) is 29.9 Å². The molecule has 2 saturated carbocycles. The Morgan fingerprint density at radius 3 is 2.31 bits per heavy atom. The summed E-state index contributed by atoms with van der Waals surface area (Å²) in [6.07, 6.45) is 5.19. The average molecular weight is 224 g/mol. The first-order valence-electron chi connectivity index (χ1n) is 6.67. The third-order valence-electron chi connectivity index (χ3n) is 4.22. The molecule has 0 saturated heterocycles. The summed E-state index contributed by atoms with van der Waals surface area (Å²) in [5.41, 5.74) is 5.58. The van der Waals surface area contributed by atoms with Crippen LogP contribution >= 0.6 is 0 Å². The summed E-state index contributed by atoms with van der Waals surface area (Å²) >= 11 is 0. The minimum Gasteiger partial charge on any atom is -0.339 e. The average Bonchev–Trinajstić information content (AvgIpc) is 2.98. The van der Waals surface area contributed by atoms with Crippen LogP contribution in [0.2, 0.25) is 0 Å². The van der Waals surface area contributed by atoms with Gasteiger partial charge < -0.3 is 10.6 Å². The molecule has 2 aliphatic rings. The lowest BCUT2D eigenvalue weighted by Crippen LogP contribution is -2.41. The molecule has 0 aromatic heterocycles. The molecule has 2 aliphatic carbocycles. The summed E-state index contributed by atoms with van der Waals surface area (Å²) in [5, 5.41) is 0. The molecule has 92 valence electrons. The molecule has 2 atom stereocenters. The van der Waals surface area contributed by atoms with Crippen molar-refractivity contribution in [1.82, 2.24) is 4.90 Å². The van der Waals surface area contributed by atoms with Crippen molar-refractivity contribution in [1.29, 1.82) is 0 Å². The van der Waals surface area contributed by atoms with Crippen molar-refractivity contribution in [2.75, 3.05) is 13.1 Å². The predicted octanol–water partition coefficient (Wildman–Crippen LogP) is 1.62. The number of nitrogens with two attached hydrogens (primary N) is 1. The molecule has 2 N–H and O–H groups in total. The van der Waals surface area contributed by atoms with E-state index in [0.717, 1.165) is 0 Å². The highest BCUT2D eigenvalue weighted by Gasteiger charge is 2.55. The molecule has 3 nitrogen and oxygen atoms in total. The van der Waals surface area contributed by atoms with Gasteiger partial charge in [-0.05, 0) is 38.5 Å². The van der Waals surface area contributed by atoms with Crippen molar-refractivity contribution < 1.29 is 4.79 Å². The van der Waals surface area contributed by atoms with E-state index in [1.807, 2.05) is 4.90 Å². The van der Waals surface area contributed by atoms with E-state index in [2.05, 4.69) is 13.8 Å². The fraction of sp³-hybridized carbons (Fsp3) is 0.923. The fourth-order valence-corrected chi connectivity index (χ4v) is 3.31. The minimum absolute atomic E-state index is 0.290. The fourth-order valence-electron chi connectivity index (χ4n) is 3.31. The smallest absolute Gasteiger partial charge is 0.226 e. The number of hydrogen-bond acceptors (Lipinski definition) is 2. The lowest BCUT2D eigenvalue weighted by Gasteiger charge is -2.26. The van der Waals surface area contributed by atoms with Crippen molar-refractivity contribution >= 4 is 5.91 Å². The molecular weight excluding hydrogens is 200 g/mol. The maximum atomic E-state index is 12.4. The Morgan fingerprint density at radius 1 is 1.31 bits per heavy atom. The van der Waals surface area contributed by atoms with Crippen LogP contribution in [0.15, 0.2) is 0 Å². The van der Waals surface area contributed by atoms with Crippen molar-refractivity contribution in [3.05, 3.63) is 0 Å². The van der Waals surface area contributed by atoms with Gasteiger partial charge in [0.2, 0.25) is 5.91 Å². The Hall–Kier alpha value is -0.570. The molecule has 0 spiro atoms. The summed E-state index contributed by atoms with van der Waals surface area (Å²) in [6.45, 7) is 5.46. The SMILES string of the molecule is CC(C)N(CCN)C(=O)C1C2CCCCC21. The Bertz CT molecular complexity index is 253. The quantitative estimate of drug-likeness (QED) is 0.788. The predicted molar refractivity (Wildman–Crippen MR) is 64.8 cm³/mol. The van der Waals surface area contributed by atoms with Gasteiger partial charge >= 0.3 is 0 Å². The van der Waals surface area contributed by atoms with Gasteiger partial charge in [0, 0.05) is 25.0 Å². The van der Waals surface area contributed by atoms with Crippen LogP contribution < -0.4 is 5.73 Å². The van der Waals surface area contributed by atoms with E-state index in [-0.39, 0.29) is 0 Å². The number of rotatable bonds is 4. The lowest BCUT2D eigenvalue weighted by atomic mass is 10.0. The third kappa shape index (κ3) is 2.10. The number of amides is 1. The number of nitrogens with zero attached hydrogens (tertiary/aromatic N) is 1.